The van der Waals surface area contributed by atoms with Gasteiger partial charge in [0.25, 0.3) is 0 Å². The van der Waals surface area contributed by atoms with Gasteiger partial charge in [0.05, 0.1) is 11.7 Å². The third-order valence-corrected chi connectivity index (χ3v) is 3.14. The Hall–Kier alpha value is -0.0800. The lowest BCUT2D eigenvalue weighted by molar-refractivity contribution is -0.0411. The van der Waals surface area contributed by atoms with Crippen LogP contribution < -0.4 is 0 Å². The predicted molar refractivity (Wildman–Crippen MR) is 58.1 cm³/mol. The molecule has 1 unspecified atom stereocenters. The third-order valence-electron chi connectivity index (χ3n) is 3.14. The van der Waals surface area contributed by atoms with E-state index in [1.807, 2.05) is 0 Å². The van der Waals surface area contributed by atoms with Crippen molar-refractivity contribution in [3.63, 3.8) is 0 Å². The highest BCUT2D eigenvalue weighted by molar-refractivity contribution is 4.84. The van der Waals surface area contributed by atoms with Crippen molar-refractivity contribution in [2.75, 3.05) is 0 Å². The number of rotatable bonds is 4. The summed E-state index contributed by atoms with van der Waals surface area (Å²) in [6.45, 7) is 4.21. The van der Waals surface area contributed by atoms with E-state index in [4.69, 9.17) is 0 Å². The van der Waals surface area contributed by atoms with Crippen LogP contribution >= 0.6 is 0 Å². The predicted octanol–water partition coefficient (Wildman–Crippen LogP) is 2.48. The minimum atomic E-state index is -0.563. The first-order valence-corrected chi connectivity index (χ1v) is 5.92. The monoisotopic (exact) mass is 200 g/mol. The summed E-state index contributed by atoms with van der Waals surface area (Å²) in [4.78, 5) is 0. The van der Waals surface area contributed by atoms with Crippen LogP contribution in [-0.4, -0.2) is 21.9 Å². The second-order valence-corrected chi connectivity index (χ2v) is 5.27. The molecule has 1 aliphatic carbocycles. The van der Waals surface area contributed by atoms with Gasteiger partial charge in [0.15, 0.2) is 0 Å². The molecule has 1 fully saturated rings. The molecule has 1 aliphatic rings. The maximum Gasteiger partial charge on any atom is 0.0672 e. The molecule has 0 amide bonds. The van der Waals surface area contributed by atoms with Crippen LogP contribution in [0.15, 0.2) is 0 Å². The van der Waals surface area contributed by atoms with E-state index in [0.29, 0.717) is 12.3 Å². The van der Waals surface area contributed by atoms with Crippen molar-refractivity contribution in [3.05, 3.63) is 0 Å². The quantitative estimate of drug-likeness (QED) is 0.732. The lowest BCUT2D eigenvalue weighted by atomic mass is 9.80. The van der Waals surface area contributed by atoms with E-state index in [0.717, 1.165) is 32.1 Å². The second kappa shape index (κ2) is 5.13. The molecule has 2 heteroatoms. The van der Waals surface area contributed by atoms with Gasteiger partial charge >= 0.3 is 0 Å². The van der Waals surface area contributed by atoms with Crippen molar-refractivity contribution in [1.29, 1.82) is 0 Å². The Morgan fingerprint density at radius 2 is 1.71 bits per heavy atom. The molecule has 0 aromatic heterocycles. The molecule has 2 nitrogen and oxygen atoms in total. The Morgan fingerprint density at radius 3 is 2.21 bits per heavy atom. The van der Waals surface area contributed by atoms with Gasteiger partial charge in [-0.1, -0.05) is 33.1 Å². The summed E-state index contributed by atoms with van der Waals surface area (Å²) in [6, 6.07) is 0. The first-order valence-electron chi connectivity index (χ1n) is 5.92. The van der Waals surface area contributed by atoms with Crippen LogP contribution in [0.4, 0.5) is 0 Å². The van der Waals surface area contributed by atoms with Crippen LogP contribution in [0.3, 0.4) is 0 Å². The summed E-state index contributed by atoms with van der Waals surface area (Å²) in [7, 11) is 0. The van der Waals surface area contributed by atoms with E-state index in [1.54, 1.807) is 0 Å². The van der Waals surface area contributed by atoms with E-state index in [2.05, 4.69) is 13.8 Å². The van der Waals surface area contributed by atoms with Gasteiger partial charge in [-0.2, -0.15) is 0 Å². The summed E-state index contributed by atoms with van der Waals surface area (Å²) in [5.41, 5.74) is -0.563. The van der Waals surface area contributed by atoms with E-state index in [1.165, 1.54) is 6.42 Å². The molecule has 1 saturated carbocycles. The van der Waals surface area contributed by atoms with Crippen LogP contribution in [0.5, 0.6) is 0 Å². The topological polar surface area (TPSA) is 40.5 Å². The van der Waals surface area contributed by atoms with Gasteiger partial charge < -0.3 is 10.2 Å². The van der Waals surface area contributed by atoms with Crippen molar-refractivity contribution < 1.29 is 10.2 Å². The van der Waals surface area contributed by atoms with Crippen LogP contribution in [-0.2, 0) is 0 Å². The Bertz CT molecular complexity index is 160. The third kappa shape index (κ3) is 3.97. The molecule has 14 heavy (non-hydrogen) atoms. The molecule has 2 N–H and O–H groups in total. The minimum absolute atomic E-state index is 0.321. The van der Waals surface area contributed by atoms with Crippen LogP contribution in [0.2, 0.25) is 0 Å². The molecule has 0 saturated heterocycles. The molecule has 1 atom stereocenters. The zero-order chi connectivity index (χ0) is 10.6. The fourth-order valence-corrected chi connectivity index (χ4v) is 2.48. The Morgan fingerprint density at radius 1 is 1.14 bits per heavy atom. The van der Waals surface area contributed by atoms with Crippen molar-refractivity contribution >= 4 is 0 Å². The maximum atomic E-state index is 10.2. The van der Waals surface area contributed by atoms with E-state index in [9.17, 15) is 10.2 Å². The zero-order valence-electron chi connectivity index (χ0n) is 9.50. The standard InChI is InChI=1S/C12H24O2/c1-10(2)8-11(13)9-12(14)6-4-3-5-7-12/h10-11,13-14H,3-9H2,1-2H3. The molecule has 0 aromatic rings. The highest BCUT2D eigenvalue weighted by Gasteiger charge is 2.31. The number of aliphatic hydroxyl groups excluding tert-OH is 1. The lowest BCUT2D eigenvalue weighted by Gasteiger charge is -2.34. The SMILES string of the molecule is CC(C)CC(O)CC1(O)CCCCC1. The minimum Gasteiger partial charge on any atom is -0.393 e. The van der Waals surface area contributed by atoms with Crippen molar-refractivity contribution in [2.24, 2.45) is 5.92 Å². The van der Waals surface area contributed by atoms with Gasteiger partial charge in [0.1, 0.15) is 0 Å². The highest BCUT2D eigenvalue weighted by Crippen LogP contribution is 2.32. The number of aliphatic hydroxyl groups is 2. The average molecular weight is 200 g/mol. The first kappa shape index (κ1) is 12.0. The van der Waals surface area contributed by atoms with E-state index < -0.39 is 5.60 Å². The second-order valence-electron chi connectivity index (χ2n) is 5.27. The number of hydrogen-bond donors (Lipinski definition) is 2. The molecular weight excluding hydrogens is 176 g/mol. The molecule has 0 heterocycles. The fraction of sp³-hybridized carbons (Fsp3) is 1.00. The van der Waals surface area contributed by atoms with Gasteiger partial charge in [-0.15, -0.1) is 0 Å². The van der Waals surface area contributed by atoms with E-state index >= 15 is 0 Å². The summed E-state index contributed by atoms with van der Waals surface area (Å²) < 4.78 is 0. The van der Waals surface area contributed by atoms with Gasteiger partial charge in [-0.3, -0.25) is 0 Å². The molecule has 0 spiro atoms. The summed E-state index contributed by atoms with van der Waals surface area (Å²) in [5.74, 6) is 0.511. The number of hydrogen-bond acceptors (Lipinski definition) is 2. The Labute approximate surface area is 87.3 Å². The zero-order valence-corrected chi connectivity index (χ0v) is 9.50. The van der Waals surface area contributed by atoms with Crippen molar-refractivity contribution in [1.82, 2.24) is 0 Å². The van der Waals surface area contributed by atoms with Crippen LogP contribution in [0.1, 0.15) is 58.8 Å². The van der Waals surface area contributed by atoms with E-state index in [-0.39, 0.29) is 6.10 Å². The summed E-state index contributed by atoms with van der Waals surface area (Å²) >= 11 is 0. The molecule has 0 bridgehead atoms. The average Bonchev–Trinajstić information content (AvgIpc) is 2.02. The Balaban J connectivity index is 2.33. The van der Waals surface area contributed by atoms with Gasteiger partial charge in [-0.25, -0.2) is 0 Å². The lowest BCUT2D eigenvalue weighted by Crippen LogP contribution is -2.35. The molecular formula is C12H24O2. The van der Waals surface area contributed by atoms with Crippen molar-refractivity contribution in [2.45, 2.75) is 70.5 Å². The smallest absolute Gasteiger partial charge is 0.0672 e. The molecule has 84 valence electrons. The van der Waals surface area contributed by atoms with Gasteiger partial charge in [-0.05, 0) is 25.2 Å². The summed E-state index contributed by atoms with van der Waals surface area (Å²) in [5, 5.41) is 20.0. The Kier molecular flexibility index (Phi) is 4.39. The maximum absolute atomic E-state index is 10.2. The molecule has 0 aromatic carbocycles. The van der Waals surface area contributed by atoms with Gasteiger partial charge in [0.2, 0.25) is 0 Å². The fourth-order valence-electron chi connectivity index (χ4n) is 2.48. The van der Waals surface area contributed by atoms with Crippen LogP contribution in [0.25, 0.3) is 0 Å². The highest BCUT2D eigenvalue weighted by atomic mass is 16.3. The molecule has 1 rings (SSSR count). The first-order chi connectivity index (χ1) is 6.52. The molecule has 0 aliphatic heterocycles. The molecule has 0 radical (unpaired) electrons. The summed E-state index contributed by atoms with van der Waals surface area (Å²) in [6.07, 6.45) is 6.29. The van der Waals surface area contributed by atoms with Crippen molar-refractivity contribution in [3.8, 4) is 0 Å². The largest absolute Gasteiger partial charge is 0.393 e. The van der Waals surface area contributed by atoms with Gasteiger partial charge in [0, 0.05) is 6.42 Å². The van der Waals surface area contributed by atoms with Crippen LogP contribution in [0, 0.1) is 5.92 Å². The normalized spacial score (nSPS) is 23.8.